The SMILES string of the molecule is Nc1cccc(CS(=O)(=O)N2CCC[C@@H]2CO)c1. The number of anilines is 1. The molecule has 100 valence electrons. The summed E-state index contributed by atoms with van der Waals surface area (Å²) in [5.41, 5.74) is 6.87. The van der Waals surface area contributed by atoms with Crippen molar-refractivity contribution in [1.29, 1.82) is 0 Å². The van der Waals surface area contributed by atoms with E-state index in [-0.39, 0.29) is 18.4 Å². The van der Waals surface area contributed by atoms with E-state index in [2.05, 4.69) is 0 Å². The molecule has 0 bridgehead atoms. The molecule has 0 aromatic heterocycles. The number of benzene rings is 1. The van der Waals surface area contributed by atoms with Crippen LogP contribution in [0.2, 0.25) is 0 Å². The first kappa shape index (κ1) is 13.3. The van der Waals surface area contributed by atoms with Gasteiger partial charge in [-0.15, -0.1) is 0 Å². The van der Waals surface area contributed by atoms with Crippen molar-refractivity contribution in [2.75, 3.05) is 18.9 Å². The molecule has 1 aromatic rings. The van der Waals surface area contributed by atoms with Gasteiger partial charge in [0.05, 0.1) is 12.4 Å². The summed E-state index contributed by atoms with van der Waals surface area (Å²) >= 11 is 0. The standard InChI is InChI=1S/C12H18N2O3S/c13-11-4-1-3-10(7-11)9-18(16,17)14-6-2-5-12(14)8-15/h1,3-4,7,12,15H,2,5-6,8-9,13H2/t12-/m1/s1. The number of sulfonamides is 1. The second kappa shape index (κ2) is 5.26. The number of nitrogens with zero attached hydrogens (tertiary/aromatic N) is 1. The third-order valence-corrected chi connectivity index (χ3v) is 5.08. The highest BCUT2D eigenvalue weighted by Crippen LogP contribution is 2.23. The number of nitrogens with two attached hydrogens (primary N) is 1. The Morgan fingerprint density at radius 3 is 2.89 bits per heavy atom. The van der Waals surface area contributed by atoms with Gasteiger partial charge in [0.2, 0.25) is 10.0 Å². The van der Waals surface area contributed by atoms with Crippen molar-refractivity contribution >= 4 is 15.7 Å². The third-order valence-electron chi connectivity index (χ3n) is 3.19. The maximum atomic E-state index is 12.3. The van der Waals surface area contributed by atoms with Gasteiger partial charge in [0.25, 0.3) is 0 Å². The van der Waals surface area contributed by atoms with Gasteiger partial charge in [-0.25, -0.2) is 8.42 Å². The minimum Gasteiger partial charge on any atom is -0.399 e. The Hall–Kier alpha value is -1.11. The minimum absolute atomic E-state index is 0.0610. The van der Waals surface area contributed by atoms with Crippen LogP contribution in [0.1, 0.15) is 18.4 Å². The lowest BCUT2D eigenvalue weighted by Crippen LogP contribution is -2.38. The molecule has 0 aliphatic carbocycles. The fraction of sp³-hybridized carbons (Fsp3) is 0.500. The zero-order valence-electron chi connectivity index (χ0n) is 10.1. The van der Waals surface area contributed by atoms with E-state index in [0.29, 0.717) is 17.8 Å². The number of aliphatic hydroxyl groups is 1. The van der Waals surface area contributed by atoms with Crippen LogP contribution in [0.4, 0.5) is 5.69 Å². The Labute approximate surface area is 107 Å². The van der Waals surface area contributed by atoms with Crippen LogP contribution in [0.5, 0.6) is 0 Å². The number of hydrogen-bond donors (Lipinski definition) is 2. The van der Waals surface area contributed by atoms with E-state index in [4.69, 9.17) is 5.73 Å². The molecule has 1 aromatic carbocycles. The molecule has 1 fully saturated rings. The number of rotatable bonds is 4. The minimum atomic E-state index is -3.37. The highest BCUT2D eigenvalue weighted by Gasteiger charge is 2.33. The van der Waals surface area contributed by atoms with Crippen molar-refractivity contribution in [3.63, 3.8) is 0 Å². The van der Waals surface area contributed by atoms with E-state index in [0.717, 1.165) is 12.8 Å². The van der Waals surface area contributed by atoms with Crippen LogP contribution in [-0.2, 0) is 15.8 Å². The van der Waals surface area contributed by atoms with Crippen LogP contribution in [0.25, 0.3) is 0 Å². The normalized spacial score (nSPS) is 21.3. The zero-order valence-corrected chi connectivity index (χ0v) is 10.9. The summed E-state index contributed by atoms with van der Waals surface area (Å²) in [6.07, 6.45) is 1.54. The largest absolute Gasteiger partial charge is 0.399 e. The molecule has 18 heavy (non-hydrogen) atoms. The van der Waals surface area contributed by atoms with E-state index in [1.165, 1.54) is 4.31 Å². The monoisotopic (exact) mass is 270 g/mol. The average molecular weight is 270 g/mol. The fourth-order valence-corrected chi connectivity index (χ4v) is 4.13. The van der Waals surface area contributed by atoms with Crippen molar-refractivity contribution in [1.82, 2.24) is 4.31 Å². The first-order valence-electron chi connectivity index (χ1n) is 5.98. The molecule has 0 radical (unpaired) electrons. The van der Waals surface area contributed by atoms with E-state index in [1.54, 1.807) is 24.3 Å². The predicted molar refractivity (Wildman–Crippen MR) is 70.3 cm³/mol. The third kappa shape index (κ3) is 2.82. The van der Waals surface area contributed by atoms with Crippen LogP contribution in [-0.4, -0.2) is 37.0 Å². The van der Waals surface area contributed by atoms with Gasteiger partial charge < -0.3 is 10.8 Å². The summed E-state index contributed by atoms with van der Waals surface area (Å²) < 4.78 is 25.9. The van der Waals surface area contributed by atoms with E-state index in [1.807, 2.05) is 0 Å². The lowest BCUT2D eigenvalue weighted by atomic mass is 10.2. The van der Waals surface area contributed by atoms with E-state index in [9.17, 15) is 13.5 Å². The van der Waals surface area contributed by atoms with E-state index >= 15 is 0 Å². The molecule has 6 heteroatoms. The molecule has 0 amide bonds. The van der Waals surface area contributed by atoms with Gasteiger partial charge in [0, 0.05) is 18.3 Å². The fourth-order valence-electron chi connectivity index (χ4n) is 2.33. The Kier molecular flexibility index (Phi) is 3.89. The molecule has 0 unspecified atom stereocenters. The van der Waals surface area contributed by atoms with Crippen molar-refractivity contribution < 1.29 is 13.5 Å². The maximum absolute atomic E-state index is 12.3. The van der Waals surface area contributed by atoms with Crippen LogP contribution in [0.3, 0.4) is 0 Å². The van der Waals surface area contributed by atoms with Crippen LogP contribution >= 0.6 is 0 Å². The molecule has 5 nitrogen and oxygen atoms in total. The van der Waals surface area contributed by atoms with Gasteiger partial charge in [-0.3, -0.25) is 0 Å². The summed E-state index contributed by atoms with van der Waals surface area (Å²) in [6, 6.07) is 6.62. The molecule has 2 rings (SSSR count). The summed E-state index contributed by atoms with van der Waals surface area (Å²) in [7, 11) is -3.37. The van der Waals surface area contributed by atoms with Crippen LogP contribution in [0.15, 0.2) is 24.3 Å². The Morgan fingerprint density at radius 1 is 1.44 bits per heavy atom. The number of aliphatic hydroxyl groups excluding tert-OH is 1. The average Bonchev–Trinajstić information content (AvgIpc) is 2.77. The van der Waals surface area contributed by atoms with Gasteiger partial charge in [-0.2, -0.15) is 4.31 Å². The molecular formula is C12H18N2O3S. The van der Waals surface area contributed by atoms with Crippen LogP contribution in [0, 0.1) is 0 Å². The molecule has 0 spiro atoms. The Balaban J connectivity index is 2.17. The quantitative estimate of drug-likeness (QED) is 0.783. The second-order valence-electron chi connectivity index (χ2n) is 4.59. The molecule has 3 N–H and O–H groups in total. The lowest BCUT2D eigenvalue weighted by Gasteiger charge is -2.22. The second-order valence-corrected chi connectivity index (χ2v) is 6.51. The first-order chi connectivity index (χ1) is 8.53. The zero-order chi connectivity index (χ0) is 13.2. The summed E-state index contributed by atoms with van der Waals surface area (Å²) in [4.78, 5) is 0. The topological polar surface area (TPSA) is 83.6 Å². The molecule has 1 aliphatic heterocycles. The van der Waals surface area contributed by atoms with E-state index < -0.39 is 10.0 Å². The Morgan fingerprint density at radius 2 is 2.22 bits per heavy atom. The molecule has 0 saturated carbocycles. The summed E-state index contributed by atoms with van der Waals surface area (Å²) in [6.45, 7) is 0.381. The van der Waals surface area contributed by atoms with Crippen molar-refractivity contribution in [3.8, 4) is 0 Å². The molecular weight excluding hydrogens is 252 g/mol. The predicted octanol–water partition coefficient (Wildman–Crippen LogP) is 0.555. The van der Waals surface area contributed by atoms with Gasteiger partial charge in [0.1, 0.15) is 0 Å². The van der Waals surface area contributed by atoms with Gasteiger partial charge in [-0.1, -0.05) is 12.1 Å². The highest BCUT2D eigenvalue weighted by atomic mass is 32.2. The van der Waals surface area contributed by atoms with Crippen molar-refractivity contribution in [2.24, 2.45) is 0 Å². The van der Waals surface area contributed by atoms with Crippen molar-refractivity contribution in [3.05, 3.63) is 29.8 Å². The summed E-state index contributed by atoms with van der Waals surface area (Å²) in [5.74, 6) is -0.0610. The molecule has 1 aliphatic rings. The molecule has 1 atom stereocenters. The first-order valence-corrected chi connectivity index (χ1v) is 7.58. The smallest absolute Gasteiger partial charge is 0.218 e. The molecule has 1 heterocycles. The maximum Gasteiger partial charge on any atom is 0.218 e. The number of hydrogen-bond acceptors (Lipinski definition) is 4. The highest BCUT2D eigenvalue weighted by molar-refractivity contribution is 7.88. The number of nitrogen functional groups attached to an aromatic ring is 1. The van der Waals surface area contributed by atoms with Crippen molar-refractivity contribution in [2.45, 2.75) is 24.6 Å². The van der Waals surface area contributed by atoms with Gasteiger partial charge >= 0.3 is 0 Å². The summed E-state index contributed by atoms with van der Waals surface area (Å²) in [5, 5.41) is 9.18. The van der Waals surface area contributed by atoms with Crippen LogP contribution < -0.4 is 5.73 Å². The van der Waals surface area contributed by atoms with Gasteiger partial charge in [0.15, 0.2) is 0 Å². The van der Waals surface area contributed by atoms with Gasteiger partial charge in [-0.05, 0) is 30.5 Å². The Bertz CT molecular complexity index is 516. The lowest BCUT2D eigenvalue weighted by molar-refractivity contribution is 0.213. The molecule has 1 saturated heterocycles.